The molecule has 3 aliphatic heterocycles. The Labute approximate surface area is 242 Å². The number of halogens is 1. The number of hydrogen-bond donors (Lipinski definition) is 1. The lowest BCUT2D eigenvalue weighted by Gasteiger charge is -2.33. The van der Waals surface area contributed by atoms with E-state index in [1.165, 1.54) is 17.5 Å². The number of nitrogens with zero attached hydrogens (tertiary/aromatic N) is 2. The number of amides is 2. The molecule has 6 rings (SSSR count). The molecular weight excluding hydrogens is 594 g/mol. The van der Waals surface area contributed by atoms with Gasteiger partial charge in [0, 0.05) is 36.2 Å². The molecule has 3 saturated heterocycles. The summed E-state index contributed by atoms with van der Waals surface area (Å²) in [5, 5.41) is 3.00. The average molecular weight is 625 g/mol. The Morgan fingerprint density at radius 2 is 1.80 bits per heavy atom. The third-order valence-electron chi connectivity index (χ3n) is 8.51. The van der Waals surface area contributed by atoms with Crippen molar-refractivity contribution >= 4 is 37.8 Å². The molecule has 3 aliphatic rings. The number of likely N-dealkylation sites (tertiary alicyclic amines) is 1. The van der Waals surface area contributed by atoms with Crippen molar-refractivity contribution in [2.24, 2.45) is 11.8 Å². The number of sulfonamides is 1. The van der Waals surface area contributed by atoms with Crippen LogP contribution in [0.25, 0.3) is 0 Å². The summed E-state index contributed by atoms with van der Waals surface area (Å²) in [7, 11) is -2.55. The summed E-state index contributed by atoms with van der Waals surface area (Å²) in [5.41, 5.74) is 0.886. The predicted molar refractivity (Wildman–Crippen MR) is 153 cm³/mol. The SMILES string of the molecule is COc1cccc(S(=O)(=O)N2[C@H]3CC[C@@]24CN(Cc2ccccc2)C(=O)[C@H]4[C@@H]3C(=O)NCc2ccc(Br)cc2)c1. The lowest BCUT2D eigenvalue weighted by atomic mass is 9.72. The maximum atomic E-state index is 14.3. The number of carbonyl (C=O) groups is 2. The van der Waals surface area contributed by atoms with Crippen molar-refractivity contribution in [3.05, 3.63) is 94.5 Å². The van der Waals surface area contributed by atoms with E-state index in [1.54, 1.807) is 23.1 Å². The van der Waals surface area contributed by atoms with Gasteiger partial charge < -0.3 is 15.0 Å². The predicted octanol–water partition coefficient (Wildman–Crippen LogP) is 3.95. The molecule has 3 aromatic carbocycles. The van der Waals surface area contributed by atoms with Crippen molar-refractivity contribution in [3.8, 4) is 5.75 Å². The Hall–Kier alpha value is -3.21. The van der Waals surface area contributed by atoms with E-state index in [0.29, 0.717) is 31.7 Å². The van der Waals surface area contributed by atoms with E-state index in [-0.39, 0.29) is 23.3 Å². The van der Waals surface area contributed by atoms with Crippen molar-refractivity contribution in [2.75, 3.05) is 13.7 Å². The van der Waals surface area contributed by atoms with Crippen molar-refractivity contribution in [1.82, 2.24) is 14.5 Å². The maximum Gasteiger partial charge on any atom is 0.244 e. The molecule has 4 atom stereocenters. The number of methoxy groups -OCH3 is 1. The number of benzene rings is 3. The van der Waals surface area contributed by atoms with E-state index in [2.05, 4.69) is 21.2 Å². The zero-order chi connectivity index (χ0) is 28.1. The van der Waals surface area contributed by atoms with Crippen LogP contribution in [0.3, 0.4) is 0 Å². The van der Waals surface area contributed by atoms with Crippen LogP contribution in [-0.4, -0.2) is 54.7 Å². The van der Waals surface area contributed by atoms with Gasteiger partial charge in [-0.15, -0.1) is 0 Å². The molecule has 3 aromatic rings. The van der Waals surface area contributed by atoms with Crippen molar-refractivity contribution in [2.45, 2.75) is 42.4 Å². The van der Waals surface area contributed by atoms with Crippen molar-refractivity contribution in [3.63, 3.8) is 0 Å². The molecule has 208 valence electrons. The fraction of sp³-hybridized carbons (Fsp3) is 0.333. The van der Waals surface area contributed by atoms with Gasteiger partial charge in [-0.1, -0.05) is 64.5 Å². The number of hydrogen-bond acceptors (Lipinski definition) is 5. The summed E-state index contributed by atoms with van der Waals surface area (Å²) in [6, 6.07) is 23.0. The number of carbonyl (C=O) groups excluding carboxylic acids is 2. The van der Waals surface area contributed by atoms with Crippen molar-refractivity contribution < 1.29 is 22.7 Å². The minimum absolute atomic E-state index is 0.0988. The van der Waals surface area contributed by atoms with E-state index in [4.69, 9.17) is 4.74 Å². The Bertz CT molecular complexity index is 1550. The lowest BCUT2D eigenvalue weighted by Crippen LogP contribution is -2.49. The van der Waals surface area contributed by atoms with Gasteiger partial charge in [0.1, 0.15) is 5.75 Å². The summed E-state index contributed by atoms with van der Waals surface area (Å²) in [4.78, 5) is 29.6. The summed E-state index contributed by atoms with van der Waals surface area (Å²) >= 11 is 3.42. The molecule has 0 unspecified atom stereocenters. The summed E-state index contributed by atoms with van der Waals surface area (Å²) in [5.74, 6) is -1.56. The van der Waals surface area contributed by atoms with Gasteiger partial charge in [0.2, 0.25) is 21.8 Å². The highest BCUT2D eigenvalue weighted by Crippen LogP contribution is 2.59. The molecular formula is C30H30BrN3O5S. The van der Waals surface area contributed by atoms with Gasteiger partial charge in [-0.25, -0.2) is 8.42 Å². The quantitative estimate of drug-likeness (QED) is 0.410. The van der Waals surface area contributed by atoms with E-state index < -0.39 is 33.4 Å². The summed E-state index contributed by atoms with van der Waals surface area (Å²) < 4.78 is 36.3. The molecule has 0 aromatic heterocycles. The topological polar surface area (TPSA) is 96.0 Å². The highest BCUT2D eigenvalue weighted by atomic mass is 79.9. The molecule has 40 heavy (non-hydrogen) atoms. The minimum atomic E-state index is -4.04. The van der Waals surface area contributed by atoms with Crippen LogP contribution in [0.5, 0.6) is 5.75 Å². The lowest BCUT2D eigenvalue weighted by molar-refractivity contribution is -0.138. The fourth-order valence-corrected chi connectivity index (χ4v) is 9.17. The van der Waals surface area contributed by atoms with Gasteiger partial charge in [-0.05, 0) is 48.2 Å². The third kappa shape index (κ3) is 4.42. The van der Waals surface area contributed by atoms with Crippen LogP contribution in [0.4, 0.5) is 0 Å². The number of nitrogens with one attached hydrogen (secondary N) is 1. The van der Waals surface area contributed by atoms with Crippen LogP contribution in [0.15, 0.2) is 88.2 Å². The molecule has 2 bridgehead atoms. The van der Waals surface area contributed by atoms with Gasteiger partial charge in [0.05, 0.1) is 29.4 Å². The van der Waals surface area contributed by atoms with Gasteiger partial charge in [-0.2, -0.15) is 4.31 Å². The molecule has 1 N–H and O–H groups in total. The summed E-state index contributed by atoms with van der Waals surface area (Å²) in [6.45, 7) is 0.907. The van der Waals surface area contributed by atoms with Crippen LogP contribution in [0.2, 0.25) is 0 Å². The molecule has 3 fully saturated rings. The molecule has 2 amide bonds. The monoisotopic (exact) mass is 623 g/mol. The highest BCUT2D eigenvalue weighted by molar-refractivity contribution is 9.10. The van der Waals surface area contributed by atoms with Crippen LogP contribution in [0, 0.1) is 11.8 Å². The second-order valence-electron chi connectivity index (χ2n) is 10.7. The van der Waals surface area contributed by atoms with Crippen LogP contribution in [0.1, 0.15) is 24.0 Å². The Morgan fingerprint density at radius 1 is 1.05 bits per heavy atom. The third-order valence-corrected chi connectivity index (χ3v) is 11.0. The van der Waals surface area contributed by atoms with E-state index in [0.717, 1.165) is 15.6 Å². The van der Waals surface area contributed by atoms with Crippen LogP contribution < -0.4 is 10.1 Å². The Morgan fingerprint density at radius 3 is 2.52 bits per heavy atom. The molecule has 10 heteroatoms. The normalized spacial score (nSPS) is 25.7. The molecule has 1 spiro atoms. The minimum Gasteiger partial charge on any atom is -0.497 e. The standard InChI is InChI=1S/C30H30BrN3O5S/c1-39-23-8-5-9-24(16-23)40(37,38)34-25-14-15-30(34)19-33(18-21-6-3-2-4-7-21)29(36)27(30)26(25)28(35)32-17-20-10-12-22(31)13-11-20/h2-13,16,25-27H,14-15,17-19H2,1H3,(H,32,35)/t25-,26+,27+,30-/m0/s1. The number of fused-ring (bicyclic) bond motifs is 1. The van der Waals surface area contributed by atoms with Crippen LogP contribution in [-0.2, 0) is 32.7 Å². The first-order valence-electron chi connectivity index (χ1n) is 13.3. The van der Waals surface area contributed by atoms with Crippen LogP contribution >= 0.6 is 15.9 Å². The highest BCUT2D eigenvalue weighted by Gasteiger charge is 2.74. The van der Waals surface area contributed by atoms with E-state index in [1.807, 2.05) is 54.6 Å². The van der Waals surface area contributed by atoms with Gasteiger partial charge in [-0.3, -0.25) is 9.59 Å². The number of rotatable bonds is 8. The zero-order valence-corrected chi connectivity index (χ0v) is 24.4. The number of ether oxygens (including phenoxy) is 1. The molecule has 0 saturated carbocycles. The molecule has 8 nitrogen and oxygen atoms in total. The molecule has 3 heterocycles. The second-order valence-corrected chi connectivity index (χ2v) is 13.4. The first kappa shape index (κ1) is 27.0. The van der Waals surface area contributed by atoms with Gasteiger partial charge >= 0.3 is 0 Å². The maximum absolute atomic E-state index is 14.3. The first-order chi connectivity index (χ1) is 19.2. The summed E-state index contributed by atoms with van der Waals surface area (Å²) in [6.07, 6.45) is 1.04. The average Bonchev–Trinajstić information content (AvgIpc) is 3.57. The Kier molecular flexibility index (Phi) is 6.96. The second kappa shape index (κ2) is 10.3. The first-order valence-corrected chi connectivity index (χ1v) is 15.5. The fourth-order valence-electron chi connectivity index (χ4n) is 6.83. The van der Waals surface area contributed by atoms with Crippen molar-refractivity contribution in [1.29, 1.82) is 0 Å². The largest absolute Gasteiger partial charge is 0.497 e. The Balaban J connectivity index is 1.36. The molecule has 0 radical (unpaired) electrons. The van der Waals surface area contributed by atoms with Gasteiger partial charge in [0.15, 0.2) is 0 Å². The smallest absolute Gasteiger partial charge is 0.244 e. The van der Waals surface area contributed by atoms with Gasteiger partial charge in [0.25, 0.3) is 0 Å². The zero-order valence-electron chi connectivity index (χ0n) is 22.0. The van der Waals surface area contributed by atoms with E-state index >= 15 is 0 Å². The van der Waals surface area contributed by atoms with E-state index in [9.17, 15) is 18.0 Å². The molecule has 0 aliphatic carbocycles.